The zero-order valence-electron chi connectivity index (χ0n) is 37.7. The van der Waals surface area contributed by atoms with Gasteiger partial charge in [0.05, 0.1) is 67.0 Å². The molecule has 7 atom stereocenters. The van der Waals surface area contributed by atoms with Crippen molar-refractivity contribution < 1.29 is 92.4 Å². The molecule has 5 aromatic rings. The van der Waals surface area contributed by atoms with Crippen LogP contribution in [0.25, 0.3) is 0 Å². The maximum atomic E-state index is 14.2. The van der Waals surface area contributed by atoms with Crippen molar-refractivity contribution in [2.75, 3.05) is 13.7 Å². The molecule has 1 fully saturated rings. The maximum absolute atomic E-state index is 14.2. The molecule has 376 valence electrons. The summed E-state index contributed by atoms with van der Waals surface area (Å²) in [4.78, 5) is 115. The summed E-state index contributed by atoms with van der Waals surface area (Å²) in [5.41, 5.74) is -8.26. The van der Waals surface area contributed by atoms with Gasteiger partial charge in [-0.25, -0.2) is 14.4 Å². The number of carbonyl (C=O) groups excluding carboxylic acids is 6. The molecule has 2 aliphatic carbocycles. The first kappa shape index (κ1) is 50.2. The summed E-state index contributed by atoms with van der Waals surface area (Å²) in [6.45, 7) is 0.522. The van der Waals surface area contributed by atoms with E-state index >= 15 is 0 Å². The van der Waals surface area contributed by atoms with E-state index in [0.717, 1.165) is 86.0 Å². The van der Waals surface area contributed by atoms with E-state index in [1.165, 1.54) is 19.1 Å². The van der Waals surface area contributed by atoms with Crippen molar-refractivity contribution in [3.05, 3.63) is 171 Å². The Morgan fingerprint density at radius 3 is 1.64 bits per heavy atom. The summed E-state index contributed by atoms with van der Waals surface area (Å²) in [5, 5.41) is 81.5. The molecule has 8 rings (SSSR count). The minimum atomic E-state index is -2.31. The zero-order chi connectivity index (χ0) is 52.8. The van der Waals surface area contributed by atoms with Crippen LogP contribution in [0, 0.1) is 30.3 Å². The predicted octanol–water partition coefficient (Wildman–Crippen LogP) is 5.20. The molecule has 3 aliphatic rings. The molecule has 25 nitrogen and oxygen atoms in total. The fourth-order valence-electron chi connectivity index (χ4n) is 8.93. The van der Waals surface area contributed by atoms with Gasteiger partial charge in [0.2, 0.25) is 5.78 Å². The number of aliphatic hydroxyl groups is 1. The number of hydrogen-bond donors (Lipinski definition) is 4. The Morgan fingerprint density at radius 2 is 1.15 bits per heavy atom. The minimum absolute atomic E-state index is 0.211. The average Bonchev–Trinajstić information content (AvgIpc) is 3.68. The molecule has 73 heavy (non-hydrogen) atoms. The number of hydrogen-bond acceptors (Lipinski definition) is 22. The molecule has 1 aliphatic heterocycles. The molecule has 1 saturated heterocycles. The third-order valence-corrected chi connectivity index (χ3v) is 12.6. The van der Waals surface area contributed by atoms with Gasteiger partial charge in [0.15, 0.2) is 24.3 Å². The minimum Gasteiger partial charge on any atom is -0.507 e. The molecule has 1 heterocycles. The number of ether oxygens (including phenoxy) is 6. The Labute approximate surface area is 408 Å². The van der Waals surface area contributed by atoms with Crippen LogP contribution >= 0.6 is 0 Å². The summed E-state index contributed by atoms with van der Waals surface area (Å²) in [5.74, 6) is -11.8. The lowest BCUT2D eigenvalue weighted by atomic mass is 9.66. The van der Waals surface area contributed by atoms with E-state index in [0.29, 0.717) is 0 Å². The number of benzene rings is 5. The number of nitro groups is 3. The van der Waals surface area contributed by atoms with Crippen LogP contribution in [-0.2, 0) is 33.2 Å². The van der Waals surface area contributed by atoms with Gasteiger partial charge in [0.25, 0.3) is 17.1 Å². The van der Waals surface area contributed by atoms with Crippen LogP contribution in [-0.4, -0.2) is 115 Å². The first-order valence-electron chi connectivity index (χ1n) is 21.7. The molecule has 4 N–H and O–H groups in total. The molecule has 0 spiro atoms. The number of ketones is 2. The second-order valence-electron chi connectivity index (χ2n) is 16.7. The monoisotopic (exact) mass is 1010 g/mol. The van der Waals surface area contributed by atoms with E-state index in [1.54, 1.807) is 0 Å². The van der Waals surface area contributed by atoms with Gasteiger partial charge in [-0.3, -0.25) is 44.7 Å². The number of phenolic OH excluding ortho intramolecular Hbond substituents is 3. The summed E-state index contributed by atoms with van der Waals surface area (Å²) >= 11 is 0. The van der Waals surface area contributed by atoms with Crippen molar-refractivity contribution in [1.82, 2.24) is 0 Å². The van der Waals surface area contributed by atoms with E-state index in [4.69, 9.17) is 28.4 Å². The molecule has 0 aromatic heterocycles. The zero-order valence-corrected chi connectivity index (χ0v) is 37.7. The van der Waals surface area contributed by atoms with Gasteiger partial charge in [-0.1, -0.05) is 19.1 Å². The number of aromatic hydroxyl groups is 3. The number of methoxy groups -OCH3 is 1. The first-order chi connectivity index (χ1) is 34.7. The van der Waals surface area contributed by atoms with Crippen LogP contribution in [0.5, 0.6) is 17.2 Å². The molecule has 0 bridgehead atoms. The third kappa shape index (κ3) is 9.09. The molecule has 25 heteroatoms. The first-order valence-corrected chi connectivity index (χ1v) is 21.7. The van der Waals surface area contributed by atoms with E-state index < -0.39 is 162 Å². The molecular weight excluding hydrogens is 971 g/mol. The number of non-ortho nitro benzene ring substituents is 3. The van der Waals surface area contributed by atoms with Gasteiger partial charge >= 0.3 is 23.9 Å². The molecule has 0 amide bonds. The molecule has 5 aromatic carbocycles. The molecule has 0 unspecified atom stereocenters. The fraction of sp³-hybridized carbons (Fsp3) is 0.250. The van der Waals surface area contributed by atoms with Gasteiger partial charge < -0.3 is 48.8 Å². The second kappa shape index (κ2) is 19.5. The van der Waals surface area contributed by atoms with Gasteiger partial charge in [-0.15, -0.1) is 0 Å². The van der Waals surface area contributed by atoms with Crippen LogP contribution in [0.1, 0.15) is 106 Å². The molecule has 0 saturated carbocycles. The van der Waals surface area contributed by atoms with Crippen LogP contribution < -0.4 is 0 Å². The smallest absolute Gasteiger partial charge is 0.338 e. The van der Waals surface area contributed by atoms with Crippen LogP contribution in [0.3, 0.4) is 0 Å². The number of fused-ring (bicyclic) bond motifs is 3. The quantitative estimate of drug-likeness (QED) is 0.0358. The molecule has 0 radical (unpaired) electrons. The summed E-state index contributed by atoms with van der Waals surface area (Å²) in [6.07, 6.45) is -10.8. The summed E-state index contributed by atoms with van der Waals surface area (Å²) in [7, 11) is 0.951. The van der Waals surface area contributed by atoms with Crippen LogP contribution in [0.15, 0.2) is 91.0 Å². The number of esters is 4. The second-order valence-corrected chi connectivity index (χ2v) is 16.7. The lowest BCUT2D eigenvalue weighted by Gasteiger charge is -2.44. The summed E-state index contributed by atoms with van der Waals surface area (Å²) in [6, 6.07) is 15.6. The fourth-order valence-corrected chi connectivity index (χ4v) is 8.93. The SMILES string of the molecule is CC[C@@]1(O)C[C@H](O[C@@H]2O[C@H](COC(=O)c3ccc([N+](=O)[O-])cc3)[C@H](OC(=O)c3ccc([N+](=O)[O-])cc3)[C@H]2OC(=O)c2ccc([N+](=O)[O-])cc2)c2c(O)c3c(c(O)c2[C@H]1C(=O)OC)C(=O)c1cccc(O)c1C3=O. The van der Waals surface area contributed by atoms with Crippen molar-refractivity contribution in [3.8, 4) is 17.2 Å². The number of nitro benzene ring substituents is 3. The van der Waals surface area contributed by atoms with Crippen molar-refractivity contribution in [1.29, 1.82) is 0 Å². The highest BCUT2D eigenvalue weighted by Crippen LogP contribution is 2.57. The van der Waals surface area contributed by atoms with Gasteiger partial charge in [-0.2, -0.15) is 0 Å². The Balaban J connectivity index is 1.26. The van der Waals surface area contributed by atoms with Crippen molar-refractivity contribution in [3.63, 3.8) is 0 Å². The lowest BCUT2D eigenvalue weighted by molar-refractivity contribution is -0.385. The topological polar surface area (TPSA) is 368 Å². The lowest BCUT2D eigenvalue weighted by Crippen LogP contribution is -2.48. The number of nitrogens with zero attached hydrogens (tertiary/aromatic N) is 3. The van der Waals surface area contributed by atoms with E-state index in [2.05, 4.69) is 0 Å². The number of carbonyl (C=O) groups is 6. The predicted molar refractivity (Wildman–Crippen MR) is 240 cm³/mol. The van der Waals surface area contributed by atoms with Crippen molar-refractivity contribution >= 4 is 52.5 Å². The normalized spacial score (nSPS) is 21.7. The number of rotatable bonds is 14. The maximum Gasteiger partial charge on any atom is 0.338 e. The van der Waals surface area contributed by atoms with Crippen molar-refractivity contribution in [2.24, 2.45) is 0 Å². The molecular formula is C48H37N3O22. The highest BCUT2D eigenvalue weighted by molar-refractivity contribution is 6.31. The van der Waals surface area contributed by atoms with Gasteiger partial charge in [0, 0.05) is 59.5 Å². The highest BCUT2D eigenvalue weighted by Gasteiger charge is 2.57. The Hall–Kier alpha value is -9.20. The van der Waals surface area contributed by atoms with Crippen molar-refractivity contribution in [2.45, 2.75) is 62.0 Å². The standard InChI is InChI=1S/C48H37N3O22/c1-3-48(61)19-29(32-33(36(48)46(60)68-2)40(56)34-35(39(32)55)38(54)31-27(37(34)53)5-4-6-28(31)52)70-47-42(73-45(59)23-11-17-26(18-12-23)51(66)67)41(72-44(58)22-9-15-25(16-10-22)50(64)65)30(71-47)20-69-43(57)21-7-13-24(14-8-21)49(62)63/h4-18,29-30,36,41-42,47,52,55-56,61H,3,19-20H2,1-2H3/t29-,30+,36-,41-,42+,47+,48+/m0/s1. The van der Waals surface area contributed by atoms with E-state index in [-0.39, 0.29) is 34.4 Å². The van der Waals surface area contributed by atoms with Crippen LogP contribution in [0.4, 0.5) is 17.1 Å². The largest absolute Gasteiger partial charge is 0.507 e. The summed E-state index contributed by atoms with van der Waals surface area (Å²) < 4.78 is 34.9. The van der Waals surface area contributed by atoms with Gasteiger partial charge in [0.1, 0.15) is 35.9 Å². The van der Waals surface area contributed by atoms with E-state index in [1.807, 2.05) is 0 Å². The van der Waals surface area contributed by atoms with E-state index in [9.17, 15) is 79.5 Å². The van der Waals surface area contributed by atoms with Crippen LogP contribution in [0.2, 0.25) is 0 Å². The Morgan fingerprint density at radius 1 is 0.671 bits per heavy atom. The van der Waals surface area contributed by atoms with Gasteiger partial charge in [-0.05, 0) is 48.9 Å². The highest BCUT2D eigenvalue weighted by atomic mass is 16.7. The average molecular weight is 1010 g/mol. The third-order valence-electron chi connectivity index (χ3n) is 12.6. The Kier molecular flexibility index (Phi) is 13.4. The Bertz CT molecular complexity index is 3160. The number of phenols is 3.